The number of benzene rings is 1. The van der Waals surface area contributed by atoms with Gasteiger partial charge in [0, 0.05) is 11.1 Å². The van der Waals surface area contributed by atoms with Gasteiger partial charge in [0.25, 0.3) is 0 Å². The van der Waals surface area contributed by atoms with Crippen LogP contribution in [-0.4, -0.2) is 6.54 Å². The monoisotopic (exact) mass is 209 g/mol. The number of hydrogen-bond donors (Lipinski definition) is 1. The van der Waals surface area contributed by atoms with Gasteiger partial charge in [-0.2, -0.15) is 0 Å². The van der Waals surface area contributed by atoms with Crippen molar-refractivity contribution >= 4 is 11.6 Å². The summed E-state index contributed by atoms with van der Waals surface area (Å²) in [5.41, 5.74) is 1.36. The molecule has 76 valence electrons. The van der Waals surface area contributed by atoms with Gasteiger partial charge < -0.3 is 5.32 Å². The normalized spacial score (nSPS) is 27.6. The fourth-order valence-electron chi connectivity index (χ4n) is 1.98. The highest BCUT2D eigenvalue weighted by Crippen LogP contribution is 2.26. The minimum Gasteiger partial charge on any atom is -0.310 e. The second-order valence-corrected chi connectivity index (χ2v) is 4.63. The molecule has 0 spiro atoms. The molecular formula is C12H16ClN. The van der Waals surface area contributed by atoms with E-state index in [-0.39, 0.29) is 0 Å². The van der Waals surface area contributed by atoms with Crippen molar-refractivity contribution in [1.82, 2.24) is 5.32 Å². The molecule has 0 bridgehead atoms. The zero-order chi connectivity index (χ0) is 9.97. The summed E-state index contributed by atoms with van der Waals surface area (Å²) >= 11 is 5.85. The highest BCUT2D eigenvalue weighted by Gasteiger charge is 2.18. The maximum Gasteiger partial charge on any atom is 0.0406 e. The van der Waals surface area contributed by atoms with Crippen LogP contribution in [0.15, 0.2) is 24.3 Å². The second kappa shape index (κ2) is 4.33. The van der Waals surface area contributed by atoms with Gasteiger partial charge in [-0.1, -0.05) is 30.7 Å². The van der Waals surface area contributed by atoms with E-state index in [2.05, 4.69) is 24.4 Å². The van der Waals surface area contributed by atoms with Crippen molar-refractivity contribution in [3.63, 3.8) is 0 Å². The first-order valence-corrected chi connectivity index (χ1v) is 5.62. The van der Waals surface area contributed by atoms with Gasteiger partial charge in [-0.15, -0.1) is 0 Å². The maximum absolute atomic E-state index is 5.85. The van der Waals surface area contributed by atoms with Crippen molar-refractivity contribution in [1.29, 1.82) is 0 Å². The van der Waals surface area contributed by atoms with Crippen LogP contribution < -0.4 is 5.32 Å². The molecule has 1 heterocycles. The summed E-state index contributed by atoms with van der Waals surface area (Å²) in [6.07, 6.45) is 2.56. The van der Waals surface area contributed by atoms with Crippen LogP contribution in [0.2, 0.25) is 5.02 Å². The Morgan fingerprint density at radius 3 is 2.50 bits per heavy atom. The number of halogens is 1. The van der Waals surface area contributed by atoms with Gasteiger partial charge in [-0.05, 0) is 43.0 Å². The molecule has 1 aromatic carbocycles. The van der Waals surface area contributed by atoms with Gasteiger partial charge in [0.2, 0.25) is 0 Å². The van der Waals surface area contributed by atoms with Crippen molar-refractivity contribution in [2.24, 2.45) is 5.92 Å². The van der Waals surface area contributed by atoms with E-state index < -0.39 is 0 Å². The van der Waals surface area contributed by atoms with Crippen LogP contribution in [0.4, 0.5) is 0 Å². The Bertz CT molecular complexity index is 286. The summed E-state index contributed by atoms with van der Waals surface area (Å²) in [6.45, 7) is 3.43. The molecule has 0 amide bonds. The van der Waals surface area contributed by atoms with Crippen molar-refractivity contribution in [3.8, 4) is 0 Å². The Morgan fingerprint density at radius 1 is 1.21 bits per heavy atom. The van der Waals surface area contributed by atoms with Crippen LogP contribution in [0, 0.1) is 5.92 Å². The summed E-state index contributed by atoms with van der Waals surface area (Å²) in [4.78, 5) is 0. The molecule has 1 aliphatic heterocycles. The Labute approximate surface area is 90.5 Å². The molecule has 0 saturated carbocycles. The van der Waals surface area contributed by atoms with Crippen LogP contribution in [-0.2, 0) is 0 Å². The van der Waals surface area contributed by atoms with E-state index in [0.29, 0.717) is 6.04 Å². The molecule has 0 aliphatic carbocycles. The molecule has 1 N–H and O–H groups in total. The number of rotatable bonds is 1. The molecule has 1 aromatic rings. The molecule has 1 nitrogen and oxygen atoms in total. The van der Waals surface area contributed by atoms with Gasteiger partial charge in [-0.25, -0.2) is 0 Å². The zero-order valence-electron chi connectivity index (χ0n) is 8.46. The highest BCUT2D eigenvalue weighted by molar-refractivity contribution is 6.30. The summed E-state index contributed by atoms with van der Waals surface area (Å²) in [7, 11) is 0. The summed E-state index contributed by atoms with van der Waals surface area (Å²) in [5, 5.41) is 4.38. The summed E-state index contributed by atoms with van der Waals surface area (Å²) in [6, 6.07) is 8.71. The average molecular weight is 210 g/mol. The van der Waals surface area contributed by atoms with E-state index in [1.54, 1.807) is 0 Å². The quantitative estimate of drug-likeness (QED) is 0.748. The number of piperidine rings is 1. The largest absolute Gasteiger partial charge is 0.310 e. The summed E-state index contributed by atoms with van der Waals surface area (Å²) < 4.78 is 0. The Kier molecular flexibility index (Phi) is 3.09. The lowest BCUT2D eigenvalue weighted by Gasteiger charge is -2.28. The van der Waals surface area contributed by atoms with Gasteiger partial charge in [0.15, 0.2) is 0 Å². The van der Waals surface area contributed by atoms with Crippen molar-refractivity contribution in [2.75, 3.05) is 6.54 Å². The van der Waals surface area contributed by atoms with Crippen LogP contribution in [0.5, 0.6) is 0 Å². The molecule has 2 heteroatoms. The Balaban J connectivity index is 2.05. The lowest BCUT2D eigenvalue weighted by atomic mass is 9.92. The van der Waals surface area contributed by atoms with Gasteiger partial charge in [0.05, 0.1) is 0 Å². The Hall–Kier alpha value is -0.530. The maximum atomic E-state index is 5.85. The topological polar surface area (TPSA) is 12.0 Å². The summed E-state index contributed by atoms with van der Waals surface area (Å²) in [5.74, 6) is 0.818. The van der Waals surface area contributed by atoms with Crippen LogP contribution >= 0.6 is 11.6 Å². The number of hydrogen-bond acceptors (Lipinski definition) is 1. The van der Waals surface area contributed by atoms with E-state index in [4.69, 9.17) is 11.6 Å². The van der Waals surface area contributed by atoms with Crippen LogP contribution in [0.3, 0.4) is 0 Å². The Morgan fingerprint density at radius 2 is 1.93 bits per heavy atom. The fraction of sp³-hybridized carbons (Fsp3) is 0.500. The SMILES string of the molecule is C[C@H]1CC[C@@H](c2ccc(Cl)cc2)NC1. The molecule has 0 aromatic heterocycles. The van der Waals surface area contributed by atoms with E-state index >= 15 is 0 Å². The zero-order valence-corrected chi connectivity index (χ0v) is 9.22. The predicted molar refractivity (Wildman–Crippen MR) is 60.6 cm³/mol. The first-order chi connectivity index (χ1) is 6.75. The predicted octanol–water partition coefficient (Wildman–Crippen LogP) is 3.40. The van der Waals surface area contributed by atoms with Crippen molar-refractivity contribution < 1.29 is 0 Å². The average Bonchev–Trinajstić information content (AvgIpc) is 2.21. The molecule has 1 aliphatic rings. The van der Waals surface area contributed by atoms with E-state index in [9.17, 15) is 0 Å². The molecule has 14 heavy (non-hydrogen) atoms. The molecule has 2 atom stereocenters. The standard InChI is InChI=1S/C12H16ClN/c1-9-2-7-12(14-8-9)10-3-5-11(13)6-4-10/h3-6,9,12,14H,2,7-8H2,1H3/t9-,12-/m0/s1. The first-order valence-electron chi connectivity index (χ1n) is 5.24. The third kappa shape index (κ3) is 2.28. The first kappa shape index (κ1) is 10.0. The van der Waals surface area contributed by atoms with Gasteiger partial charge >= 0.3 is 0 Å². The smallest absolute Gasteiger partial charge is 0.0406 e. The van der Waals surface area contributed by atoms with Crippen LogP contribution in [0.1, 0.15) is 31.4 Å². The van der Waals surface area contributed by atoms with Gasteiger partial charge in [-0.3, -0.25) is 0 Å². The third-order valence-electron chi connectivity index (χ3n) is 2.93. The van der Waals surface area contributed by atoms with Gasteiger partial charge in [0.1, 0.15) is 0 Å². The highest BCUT2D eigenvalue weighted by atomic mass is 35.5. The third-order valence-corrected chi connectivity index (χ3v) is 3.19. The second-order valence-electron chi connectivity index (χ2n) is 4.19. The molecular weight excluding hydrogens is 194 g/mol. The minimum atomic E-state index is 0.531. The molecule has 1 fully saturated rings. The molecule has 2 rings (SSSR count). The van der Waals surface area contributed by atoms with Crippen LogP contribution in [0.25, 0.3) is 0 Å². The lowest BCUT2D eigenvalue weighted by molar-refractivity contribution is 0.333. The lowest BCUT2D eigenvalue weighted by Crippen LogP contribution is -2.31. The van der Waals surface area contributed by atoms with E-state index in [0.717, 1.165) is 17.5 Å². The molecule has 0 unspecified atom stereocenters. The van der Waals surface area contributed by atoms with E-state index in [1.807, 2.05) is 12.1 Å². The molecule has 0 radical (unpaired) electrons. The van der Waals surface area contributed by atoms with E-state index in [1.165, 1.54) is 18.4 Å². The minimum absolute atomic E-state index is 0.531. The molecule has 1 saturated heterocycles. The number of nitrogens with one attached hydrogen (secondary N) is 1. The van der Waals surface area contributed by atoms with Crippen molar-refractivity contribution in [2.45, 2.75) is 25.8 Å². The fourth-order valence-corrected chi connectivity index (χ4v) is 2.10. The van der Waals surface area contributed by atoms with Crippen molar-refractivity contribution in [3.05, 3.63) is 34.9 Å².